The van der Waals surface area contributed by atoms with Crippen molar-refractivity contribution in [1.29, 1.82) is 0 Å². The van der Waals surface area contributed by atoms with Gasteiger partial charge in [0, 0.05) is 18.1 Å². The van der Waals surface area contributed by atoms with Gasteiger partial charge in [0.1, 0.15) is 42.3 Å². The van der Waals surface area contributed by atoms with Crippen LogP contribution < -0.4 is 60.2 Å². The molecule has 0 aromatic heterocycles. The number of nitrogens with one attached hydrogen (secondary N) is 7. The van der Waals surface area contributed by atoms with E-state index in [2.05, 4.69) is 62.5 Å². The van der Waals surface area contributed by atoms with E-state index in [4.69, 9.17) is 22.9 Å². The molecule has 0 saturated carbocycles. The Morgan fingerprint density at radius 1 is 0.656 bits per heavy atom. The number of carbonyl (C=O) groups is 11. The quantitative estimate of drug-likeness (QED) is 0.0256. The highest BCUT2D eigenvalue weighted by atomic mass is 32.1. The van der Waals surface area contributed by atoms with E-state index in [9.17, 15) is 68.1 Å². The number of aliphatic carboxylic acids is 1. The van der Waals surface area contributed by atoms with E-state index >= 15 is 0 Å². The topological polar surface area (TPSA) is 440 Å². The number of hydrogen-bond acceptors (Lipinski definition) is 17. The summed E-state index contributed by atoms with van der Waals surface area (Å²) in [5.41, 5.74) is 21.7. The number of nitrogens with two attached hydrogens (primary N) is 4. The maximum Gasteiger partial charge on any atom is 0.327 e. The van der Waals surface area contributed by atoms with Crippen LogP contribution in [0.25, 0.3) is 0 Å². The Balaban J connectivity index is 3.19. The van der Waals surface area contributed by atoms with Crippen molar-refractivity contribution in [3.8, 4) is 0 Å². The zero-order chi connectivity index (χ0) is 46.4. The third-order valence-corrected chi connectivity index (χ3v) is 9.64. The van der Waals surface area contributed by atoms with Crippen LogP contribution in [-0.4, -0.2) is 178 Å². The molecule has 0 bridgehead atoms. The molecule has 1 fully saturated rings. The standard InChI is InChI=1S/C33H56N12O14S2/c34-6-2-1-4-16(27(52)42-20(12-47)30(55)44-21(14-61)33(58)59)40-31(56)22-5-3-7-45(22)32(57)18(9-24(37)49)41-29(54)19(11-46)43-28(53)17(8-23(36)48)39-25(50)10-38-26(51)15(35)13-60/h15-22,46-47,60-61H,1-14,34-35H2,(H2,36,48)(H2,37,49)(H,38,51)(H,39,50)(H,40,56)(H,41,54)(H,42,52)(H,43,53)(H,44,55)(H,58,59)/t15-,16-,17-,18-,19-,20-,21-,22-/m0/s1. The summed E-state index contributed by atoms with van der Waals surface area (Å²) in [4.78, 5) is 140. The number of carbonyl (C=O) groups excluding carboxylic acids is 10. The summed E-state index contributed by atoms with van der Waals surface area (Å²) in [6.45, 7) is -2.60. The number of primary amides is 2. The van der Waals surface area contributed by atoms with Crippen LogP contribution in [0.4, 0.5) is 0 Å². The van der Waals surface area contributed by atoms with Crippen molar-refractivity contribution in [2.45, 2.75) is 93.3 Å². The summed E-state index contributed by atoms with van der Waals surface area (Å²) in [5, 5.41) is 44.5. The van der Waals surface area contributed by atoms with Crippen molar-refractivity contribution < 1.29 is 68.1 Å². The Morgan fingerprint density at radius 3 is 1.66 bits per heavy atom. The summed E-state index contributed by atoms with van der Waals surface area (Å²) in [6, 6.07) is -12.1. The van der Waals surface area contributed by atoms with Gasteiger partial charge in [0.15, 0.2) is 0 Å². The highest BCUT2D eigenvalue weighted by molar-refractivity contribution is 7.80. The summed E-state index contributed by atoms with van der Waals surface area (Å²) in [7, 11) is 0. The van der Waals surface area contributed by atoms with Crippen LogP contribution in [0.5, 0.6) is 0 Å². The Hall–Kier alpha value is -5.29. The minimum Gasteiger partial charge on any atom is -0.480 e. The van der Waals surface area contributed by atoms with Crippen LogP contribution >= 0.6 is 25.3 Å². The second-order valence-corrected chi connectivity index (χ2v) is 14.4. The second kappa shape index (κ2) is 27.5. The molecule has 1 heterocycles. The highest BCUT2D eigenvalue weighted by Crippen LogP contribution is 2.20. The maximum atomic E-state index is 13.9. The third-order valence-electron chi connectivity index (χ3n) is 8.88. The molecule has 8 atom stereocenters. The van der Waals surface area contributed by atoms with Gasteiger partial charge >= 0.3 is 5.97 Å². The first kappa shape index (κ1) is 53.7. The molecule has 28 heteroatoms. The smallest absolute Gasteiger partial charge is 0.327 e. The predicted molar refractivity (Wildman–Crippen MR) is 217 cm³/mol. The molecule has 0 spiro atoms. The van der Waals surface area contributed by atoms with Crippen LogP contribution in [0, 0.1) is 0 Å². The first-order valence-electron chi connectivity index (χ1n) is 18.8. The minimum absolute atomic E-state index is 0.0239. The van der Waals surface area contributed by atoms with E-state index in [1.807, 2.05) is 0 Å². The number of hydrogen-bond donors (Lipinski definition) is 16. The molecule has 26 nitrogen and oxygen atoms in total. The summed E-state index contributed by atoms with van der Waals surface area (Å²) < 4.78 is 0. The first-order chi connectivity index (χ1) is 28.7. The Bertz CT molecular complexity index is 1610. The SMILES string of the molecule is NCCCC[C@H](NC(=O)[C@@H]1CCCN1C(=O)[C@H](CC(N)=O)NC(=O)[C@H](CO)NC(=O)[C@H](CC(N)=O)NC(=O)CNC(=O)[C@@H](N)CS)C(=O)N[C@@H](CO)C(=O)N[C@@H](CS)C(=O)O. The number of carboxylic acid groups (broad SMARTS) is 1. The van der Waals surface area contributed by atoms with Gasteiger partial charge < -0.3 is 80.4 Å². The van der Waals surface area contributed by atoms with Crippen molar-refractivity contribution in [3.05, 3.63) is 0 Å². The predicted octanol–water partition coefficient (Wildman–Crippen LogP) is -8.86. The van der Waals surface area contributed by atoms with Gasteiger partial charge in [0.05, 0.1) is 38.6 Å². The lowest BCUT2D eigenvalue weighted by molar-refractivity contribution is -0.144. The van der Waals surface area contributed by atoms with Crippen LogP contribution in [-0.2, 0) is 52.7 Å². The number of rotatable bonds is 28. The number of carboxylic acids is 1. The second-order valence-electron chi connectivity index (χ2n) is 13.6. The van der Waals surface area contributed by atoms with Gasteiger partial charge in [-0.1, -0.05) is 0 Å². The fourth-order valence-corrected chi connectivity index (χ4v) is 6.05. The van der Waals surface area contributed by atoms with Crippen molar-refractivity contribution in [3.63, 3.8) is 0 Å². The molecule has 0 aromatic carbocycles. The monoisotopic (exact) mass is 908 g/mol. The van der Waals surface area contributed by atoms with Gasteiger partial charge in [-0.25, -0.2) is 4.79 Å². The fourth-order valence-electron chi connectivity index (χ4n) is 5.63. The molecule has 18 N–H and O–H groups in total. The van der Waals surface area contributed by atoms with E-state index in [0.717, 1.165) is 4.90 Å². The van der Waals surface area contributed by atoms with E-state index in [-0.39, 0.29) is 43.9 Å². The van der Waals surface area contributed by atoms with Gasteiger partial charge in [0.25, 0.3) is 0 Å². The zero-order valence-corrected chi connectivity index (χ0v) is 34.8. The van der Waals surface area contributed by atoms with Crippen molar-refractivity contribution >= 4 is 90.3 Å². The molecule has 0 aliphatic carbocycles. The molecule has 0 radical (unpaired) electrons. The Kier molecular flexibility index (Phi) is 24.3. The highest BCUT2D eigenvalue weighted by Gasteiger charge is 2.40. The lowest BCUT2D eigenvalue weighted by atomic mass is 10.1. The summed E-state index contributed by atoms with van der Waals surface area (Å²) in [6.07, 6.45) is -0.647. The molecular weight excluding hydrogens is 853 g/mol. The number of likely N-dealkylation sites (tertiary alicyclic amines) is 1. The lowest BCUT2D eigenvalue weighted by Crippen LogP contribution is -2.61. The van der Waals surface area contributed by atoms with Gasteiger partial charge in [-0.3, -0.25) is 47.9 Å². The Morgan fingerprint density at radius 2 is 1.16 bits per heavy atom. The normalized spacial score (nSPS) is 16.8. The lowest BCUT2D eigenvalue weighted by Gasteiger charge is -2.30. The van der Waals surface area contributed by atoms with Gasteiger partial charge in [0.2, 0.25) is 59.1 Å². The zero-order valence-electron chi connectivity index (χ0n) is 33.0. The summed E-state index contributed by atoms with van der Waals surface area (Å²) >= 11 is 7.72. The van der Waals surface area contributed by atoms with Crippen LogP contribution in [0.15, 0.2) is 0 Å². The largest absolute Gasteiger partial charge is 0.480 e. The fraction of sp³-hybridized carbons (Fsp3) is 0.667. The molecule has 1 saturated heterocycles. The van der Waals surface area contributed by atoms with Gasteiger partial charge in [-0.05, 0) is 38.6 Å². The van der Waals surface area contributed by atoms with Crippen molar-refractivity contribution in [1.82, 2.24) is 42.1 Å². The molecule has 1 rings (SSSR count). The van der Waals surface area contributed by atoms with E-state index < -0.39 is 146 Å². The van der Waals surface area contributed by atoms with E-state index in [1.165, 1.54) is 0 Å². The Labute approximate surface area is 360 Å². The number of unbranched alkanes of at least 4 members (excludes halogenated alkanes) is 1. The molecular formula is C33H56N12O14S2. The number of aliphatic hydroxyl groups is 2. The molecule has 0 unspecified atom stereocenters. The van der Waals surface area contributed by atoms with Gasteiger partial charge in [-0.15, -0.1) is 0 Å². The number of thiol groups is 2. The van der Waals surface area contributed by atoms with E-state index in [0.29, 0.717) is 12.8 Å². The molecule has 10 amide bonds. The molecule has 1 aliphatic rings. The number of aliphatic hydroxyl groups excluding tert-OH is 2. The van der Waals surface area contributed by atoms with Crippen molar-refractivity contribution in [2.24, 2.45) is 22.9 Å². The maximum absolute atomic E-state index is 13.9. The van der Waals surface area contributed by atoms with Crippen LogP contribution in [0.2, 0.25) is 0 Å². The molecule has 61 heavy (non-hydrogen) atoms. The average molecular weight is 909 g/mol. The first-order valence-corrected chi connectivity index (χ1v) is 20.1. The molecule has 1 aliphatic heterocycles. The van der Waals surface area contributed by atoms with Crippen LogP contribution in [0.1, 0.15) is 44.9 Å². The minimum atomic E-state index is -1.86. The number of nitrogens with zero attached hydrogens (tertiary/aromatic N) is 1. The number of amides is 10. The molecule has 0 aromatic rings. The van der Waals surface area contributed by atoms with Gasteiger partial charge in [-0.2, -0.15) is 25.3 Å². The summed E-state index contributed by atoms with van der Waals surface area (Å²) in [5.74, 6) is -11.9. The molecule has 344 valence electrons. The van der Waals surface area contributed by atoms with Crippen LogP contribution in [0.3, 0.4) is 0 Å². The third kappa shape index (κ3) is 18.5. The average Bonchev–Trinajstić information content (AvgIpc) is 3.71. The van der Waals surface area contributed by atoms with Crippen molar-refractivity contribution in [2.75, 3.05) is 44.4 Å². The van der Waals surface area contributed by atoms with E-state index in [1.54, 1.807) is 0 Å².